The number of aromatic nitrogens is 2. The van der Waals surface area contributed by atoms with Gasteiger partial charge in [0.05, 0.1) is 5.52 Å². The summed E-state index contributed by atoms with van der Waals surface area (Å²) in [5.74, 6) is 1.93. The Kier molecular flexibility index (Phi) is 4.62. The van der Waals surface area contributed by atoms with Crippen molar-refractivity contribution < 1.29 is 0 Å². The number of halogens is 1. The van der Waals surface area contributed by atoms with Gasteiger partial charge in [0.1, 0.15) is 5.82 Å². The predicted molar refractivity (Wildman–Crippen MR) is 85.2 cm³/mol. The molecule has 1 fully saturated rings. The van der Waals surface area contributed by atoms with Gasteiger partial charge in [-0.3, -0.25) is 0 Å². The van der Waals surface area contributed by atoms with E-state index in [2.05, 4.69) is 14.9 Å². The second-order valence-corrected chi connectivity index (χ2v) is 5.09. The zero-order chi connectivity index (χ0) is 13.2. The predicted octanol–water partition coefficient (Wildman–Crippen LogP) is 1.81. The van der Waals surface area contributed by atoms with E-state index in [1.54, 1.807) is 0 Å². The molecule has 0 radical (unpaired) electrons. The highest BCUT2D eigenvalue weighted by Gasteiger charge is 2.20. The van der Waals surface area contributed by atoms with Gasteiger partial charge < -0.3 is 16.4 Å². The molecule has 0 saturated carbocycles. The summed E-state index contributed by atoms with van der Waals surface area (Å²) < 4.78 is 0. The van der Waals surface area contributed by atoms with Crippen molar-refractivity contribution in [1.82, 2.24) is 9.97 Å². The number of hydrogen-bond acceptors (Lipinski definition) is 5. The van der Waals surface area contributed by atoms with Crippen LogP contribution in [0, 0.1) is 5.92 Å². The fourth-order valence-corrected chi connectivity index (χ4v) is 2.60. The van der Waals surface area contributed by atoms with E-state index in [-0.39, 0.29) is 12.4 Å². The molecule has 2 heterocycles. The molecule has 108 valence electrons. The molecule has 4 N–H and O–H groups in total. The first-order valence-corrected chi connectivity index (χ1v) is 6.75. The highest BCUT2D eigenvalue weighted by molar-refractivity contribution is 5.88. The van der Waals surface area contributed by atoms with Crippen LogP contribution in [0.1, 0.15) is 12.8 Å². The minimum Gasteiger partial charge on any atom is -0.383 e. The van der Waals surface area contributed by atoms with Crippen LogP contribution in [0.3, 0.4) is 0 Å². The summed E-state index contributed by atoms with van der Waals surface area (Å²) in [6.07, 6.45) is 2.21. The minimum absolute atomic E-state index is 0. The van der Waals surface area contributed by atoms with Gasteiger partial charge in [-0.1, -0.05) is 12.1 Å². The van der Waals surface area contributed by atoms with Gasteiger partial charge in [-0.05, 0) is 37.4 Å². The van der Waals surface area contributed by atoms with E-state index in [9.17, 15) is 0 Å². The van der Waals surface area contributed by atoms with Crippen molar-refractivity contribution in [3.05, 3.63) is 24.3 Å². The topological polar surface area (TPSA) is 81.1 Å². The molecule has 1 aromatic carbocycles. The molecule has 6 heteroatoms. The lowest BCUT2D eigenvalue weighted by Gasteiger charge is -2.31. The average Bonchev–Trinajstić information content (AvgIpc) is 2.47. The third kappa shape index (κ3) is 2.78. The van der Waals surface area contributed by atoms with Crippen molar-refractivity contribution in [3.8, 4) is 0 Å². The molecular weight excluding hydrogens is 274 g/mol. The van der Waals surface area contributed by atoms with Gasteiger partial charge in [-0.15, -0.1) is 12.4 Å². The van der Waals surface area contributed by atoms with Crippen molar-refractivity contribution in [1.29, 1.82) is 0 Å². The van der Waals surface area contributed by atoms with Gasteiger partial charge in [-0.2, -0.15) is 4.98 Å². The Morgan fingerprint density at radius 1 is 1.15 bits per heavy atom. The molecule has 2 aromatic rings. The molecule has 20 heavy (non-hydrogen) atoms. The van der Waals surface area contributed by atoms with Crippen LogP contribution in [-0.4, -0.2) is 29.6 Å². The fourth-order valence-electron chi connectivity index (χ4n) is 2.60. The number of para-hydroxylation sites is 1. The highest BCUT2D eigenvalue weighted by atomic mass is 35.5. The summed E-state index contributed by atoms with van der Waals surface area (Å²) in [6.45, 7) is 2.69. The molecule has 1 aliphatic heterocycles. The summed E-state index contributed by atoms with van der Waals surface area (Å²) in [6, 6.07) is 7.85. The molecule has 0 atom stereocenters. The monoisotopic (exact) mass is 293 g/mol. The molecule has 1 saturated heterocycles. The van der Waals surface area contributed by atoms with Crippen LogP contribution >= 0.6 is 12.4 Å². The molecule has 0 aliphatic carbocycles. The Bertz CT molecular complexity index is 581. The van der Waals surface area contributed by atoms with E-state index in [0.717, 1.165) is 49.3 Å². The first kappa shape index (κ1) is 14.8. The maximum atomic E-state index is 6.02. The first-order chi connectivity index (χ1) is 9.28. The molecule has 1 aromatic heterocycles. The molecule has 5 nitrogen and oxygen atoms in total. The van der Waals surface area contributed by atoms with Crippen LogP contribution in [0.25, 0.3) is 10.9 Å². The number of nitrogens with zero attached hydrogens (tertiary/aromatic N) is 3. The lowest BCUT2D eigenvalue weighted by atomic mass is 9.97. The fraction of sp³-hybridized carbons (Fsp3) is 0.429. The van der Waals surface area contributed by atoms with Crippen LogP contribution in [0.2, 0.25) is 0 Å². The lowest BCUT2D eigenvalue weighted by molar-refractivity contribution is 0.411. The van der Waals surface area contributed by atoms with Crippen LogP contribution in [-0.2, 0) is 0 Å². The van der Waals surface area contributed by atoms with E-state index >= 15 is 0 Å². The van der Waals surface area contributed by atoms with E-state index in [1.165, 1.54) is 0 Å². The van der Waals surface area contributed by atoms with Gasteiger partial charge >= 0.3 is 0 Å². The Labute approximate surface area is 124 Å². The number of benzene rings is 1. The van der Waals surface area contributed by atoms with Gasteiger partial charge in [-0.25, -0.2) is 4.98 Å². The summed E-state index contributed by atoms with van der Waals surface area (Å²) in [7, 11) is 0. The summed E-state index contributed by atoms with van der Waals surface area (Å²) in [5, 5.41) is 0.920. The van der Waals surface area contributed by atoms with Crippen LogP contribution in [0.4, 0.5) is 11.8 Å². The van der Waals surface area contributed by atoms with E-state index < -0.39 is 0 Å². The Balaban J connectivity index is 0.00000147. The molecule has 1 aliphatic rings. The Hall–Kier alpha value is -1.59. The van der Waals surface area contributed by atoms with Crippen LogP contribution in [0.5, 0.6) is 0 Å². The third-order valence-corrected chi connectivity index (χ3v) is 3.85. The molecular formula is C14H20ClN5. The number of piperidine rings is 1. The first-order valence-electron chi connectivity index (χ1n) is 6.75. The summed E-state index contributed by atoms with van der Waals surface area (Å²) >= 11 is 0. The van der Waals surface area contributed by atoms with Crippen molar-refractivity contribution in [3.63, 3.8) is 0 Å². The standard InChI is InChI=1S/C14H19N5.ClH/c15-9-10-5-7-19(8-6-10)14-17-12-4-2-1-3-11(12)13(16)18-14;/h1-4,10H,5-9,15H2,(H2,16,17,18);1H. The van der Waals surface area contributed by atoms with Crippen LogP contribution < -0.4 is 16.4 Å². The number of fused-ring (bicyclic) bond motifs is 1. The molecule has 3 rings (SSSR count). The number of rotatable bonds is 2. The van der Waals surface area contributed by atoms with Gasteiger partial charge in [0, 0.05) is 18.5 Å². The van der Waals surface area contributed by atoms with E-state index in [1.807, 2.05) is 24.3 Å². The Morgan fingerprint density at radius 3 is 2.55 bits per heavy atom. The Morgan fingerprint density at radius 2 is 1.85 bits per heavy atom. The van der Waals surface area contributed by atoms with E-state index in [4.69, 9.17) is 11.5 Å². The second kappa shape index (κ2) is 6.24. The summed E-state index contributed by atoms with van der Waals surface area (Å²) in [5.41, 5.74) is 12.6. The number of anilines is 2. The van der Waals surface area contributed by atoms with Crippen molar-refractivity contribution in [2.45, 2.75) is 12.8 Å². The van der Waals surface area contributed by atoms with Gasteiger partial charge in [0.25, 0.3) is 0 Å². The number of hydrogen-bond donors (Lipinski definition) is 2. The van der Waals surface area contributed by atoms with E-state index in [0.29, 0.717) is 11.7 Å². The maximum absolute atomic E-state index is 6.02. The lowest BCUT2D eigenvalue weighted by Crippen LogP contribution is -2.37. The molecule has 0 bridgehead atoms. The minimum atomic E-state index is 0. The zero-order valence-corrected chi connectivity index (χ0v) is 12.1. The van der Waals surface area contributed by atoms with Crippen molar-refractivity contribution in [2.24, 2.45) is 11.7 Å². The number of nitrogens with two attached hydrogens (primary N) is 2. The second-order valence-electron chi connectivity index (χ2n) is 5.09. The zero-order valence-electron chi connectivity index (χ0n) is 11.3. The smallest absolute Gasteiger partial charge is 0.227 e. The van der Waals surface area contributed by atoms with Gasteiger partial charge in [0.2, 0.25) is 5.95 Å². The molecule has 0 amide bonds. The van der Waals surface area contributed by atoms with Crippen molar-refractivity contribution in [2.75, 3.05) is 30.3 Å². The molecule has 0 spiro atoms. The third-order valence-electron chi connectivity index (χ3n) is 3.85. The highest BCUT2D eigenvalue weighted by Crippen LogP contribution is 2.24. The maximum Gasteiger partial charge on any atom is 0.227 e. The summed E-state index contributed by atoms with van der Waals surface area (Å²) in [4.78, 5) is 11.3. The van der Waals surface area contributed by atoms with Crippen LogP contribution in [0.15, 0.2) is 24.3 Å². The SMILES string of the molecule is Cl.NCC1CCN(c2nc(N)c3ccccc3n2)CC1. The quantitative estimate of drug-likeness (QED) is 0.882. The van der Waals surface area contributed by atoms with Gasteiger partial charge in [0.15, 0.2) is 0 Å². The largest absolute Gasteiger partial charge is 0.383 e. The average molecular weight is 294 g/mol. The molecule has 0 unspecified atom stereocenters. The number of nitrogen functional groups attached to an aromatic ring is 1. The van der Waals surface area contributed by atoms with Crippen molar-refractivity contribution >= 4 is 35.1 Å². The normalized spacial score (nSPS) is 16.1.